The van der Waals surface area contributed by atoms with E-state index in [2.05, 4.69) is 40.3 Å². The van der Waals surface area contributed by atoms with Gasteiger partial charge in [-0.2, -0.15) is 0 Å². The maximum Gasteiger partial charge on any atom is 0.162 e. The minimum absolute atomic E-state index is 0.273. The van der Waals surface area contributed by atoms with Crippen LogP contribution < -0.4 is 9.47 Å². The molecule has 0 saturated heterocycles. The van der Waals surface area contributed by atoms with Gasteiger partial charge in [0.2, 0.25) is 0 Å². The minimum Gasteiger partial charge on any atom is -0.493 e. The van der Waals surface area contributed by atoms with Gasteiger partial charge in [0.15, 0.2) is 11.5 Å². The highest BCUT2D eigenvalue weighted by Crippen LogP contribution is 2.36. The Balaban J connectivity index is 1.76. The third-order valence-corrected chi connectivity index (χ3v) is 5.05. The molecule has 0 radical (unpaired) electrons. The highest BCUT2D eigenvalue weighted by atomic mass is 16.5. The first-order valence-corrected chi connectivity index (χ1v) is 9.71. The number of hydrogen-bond acceptors (Lipinski definition) is 4. The molecule has 0 atom stereocenters. The molecule has 0 aliphatic heterocycles. The number of methoxy groups -OCH3 is 1. The maximum atomic E-state index is 6.30. The Morgan fingerprint density at radius 1 is 0.964 bits per heavy atom. The SMILES string of the molecule is COc1ccc(C(=Cc2ccncn2)c2ccccc2)cc1OC1CCCC1. The lowest BCUT2D eigenvalue weighted by molar-refractivity contribution is 0.201. The van der Waals surface area contributed by atoms with E-state index >= 15 is 0 Å². The summed E-state index contributed by atoms with van der Waals surface area (Å²) in [4.78, 5) is 8.38. The molecule has 1 fully saturated rings. The molecule has 1 saturated carbocycles. The zero-order chi connectivity index (χ0) is 19.2. The van der Waals surface area contributed by atoms with Crippen LogP contribution in [0, 0.1) is 0 Å². The first-order valence-electron chi connectivity index (χ1n) is 9.71. The lowest BCUT2D eigenvalue weighted by Gasteiger charge is -2.18. The van der Waals surface area contributed by atoms with Gasteiger partial charge in [-0.1, -0.05) is 36.4 Å². The predicted octanol–water partition coefficient (Wildman–Crippen LogP) is 5.40. The second kappa shape index (κ2) is 8.70. The zero-order valence-electron chi connectivity index (χ0n) is 16.0. The van der Waals surface area contributed by atoms with E-state index in [0.29, 0.717) is 0 Å². The minimum atomic E-state index is 0.273. The molecule has 1 aromatic heterocycles. The van der Waals surface area contributed by atoms with Crippen LogP contribution in [-0.4, -0.2) is 23.2 Å². The average molecular weight is 372 g/mol. The average Bonchev–Trinajstić information content (AvgIpc) is 3.26. The van der Waals surface area contributed by atoms with E-state index in [9.17, 15) is 0 Å². The van der Waals surface area contributed by atoms with Crippen LogP contribution in [0.2, 0.25) is 0 Å². The molecular formula is C24H24N2O2. The predicted molar refractivity (Wildman–Crippen MR) is 111 cm³/mol. The second-order valence-corrected chi connectivity index (χ2v) is 6.95. The van der Waals surface area contributed by atoms with Crippen molar-refractivity contribution in [2.45, 2.75) is 31.8 Å². The van der Waals surface area contributed by atoms with Crippen molar-refractivity contribution in [3.8, 4) is 11.5 Å². The van der Waals surface area contributed by atoms with Gasteiger partial charge < -0.3 is 9.47 Å². The molecule has 0 spiro atoms. The van der Waals surface area contributed by atoms with Crippen LogP contribution >= 0.6 is 0 Å². The summed E-state index contributed by atoms with van der Waals surface area (Å²) in [5, 5.41) is 0. The van der Waals surface area contributed by atoms with E-state index < -0.39 is 0 Å². The smallest absolute Gasteiger partial charge is 0.162 e. The van der Waals surface area contributed by atoms with Gasteiger partial charge in [0, 0.05) is 6.20 Å². The molecule has 1 aliphatic carbocycles. The van der Waals surface area contributed by atoms with Crippen LogP contribution in [0.5, 0.6) is 11.5 Å². The van der Waals surface area contributed by atoms with Crippen molar-refractivity contribution in [3.05, 3.63) is 83.9 Å². The van der Waals surface area contributed by atoms with E-state index in [-0.39, 0.29) is 6.10 Å². The van der Waals surface area contributed by atoms with E-state index in [0.717, 1.165) is 46.7 Å². The van der Waals surface area contributed by atoms with Gasteiger partial charge in [0.1, 0.15) is 6.33 Å². The van der Waals surface area contributed by atoms with Gasteiger partial charge in [-0.15, -0.1) is 0 Å². The van der Waals surface area contributed by atoms with Crippen LogP contribution in [0.3, 0.4) is 0 Å². The summed E-state index contributed by atoms with van der Waals surface area (Å²) in [5.74, 6) is 1.57. The third-order valence-electron chi connectivity index (χ3n) is 5.05. The fourth-order valence-corrected chi connectivity index (χ4v) is 3.61. The summed E-state index contributed by atoms with van der Waals surface area (Å²) >= 11 is 0. The van der Waals surface area contributed by atoms with E-state index in [4.69, 9.17) is 9.47 Å². The molecule has 0 amide bonds. The number of rotatable bonds is 6. The summed E-state index contributed by atoms with van der Waals surface area (Å²) < 4.78 is 11.8. The standard InChI is InChI=1S/C24H24N2O2/c1-27-23-12-11-19(15-24(23)28-21-9-5-6-10-21)22(18-7-3-2-4-8-18)16-20-13-14-25-17-26-20/h2-4,7-8,11-17,21H,5-6,9-10H2,1H3. The van der Waals surface area contributed by atoms with Crippen molar-refractivity contribution in [2.24, 2.45) is 0 Å². The first-order chi connectivity index (χ1) is 13.8. The largest absolute Gasteiger partial charge is 0.493 e. The van der Waals surface area contributed by atoms with Gasteiger partial charge in [-0.3, -0.25) is 0 Å². The fourth-order valence-electron chi connectivity index (χ4n) is 3.61. The Morgan fingerprint density at radius 2 is 1.79 bits per heavy atom. The molecule has 0 bridgehead atoms. The summed E-state index contributed by atoms with van der Waals surface area (Å²) in [5.41, 5.74) is 4.14. The molecule has 4 rings (SSSR count). The van der Waals surface area contributed by atoms with Gasteiger partial charge in [-0.25, -0.2) is 9.97 Å². The van der Waals surface area contributed by atoms with Crippen molar-refractivity contribution in [3.63, 3.8) is 0 Å². The lowest BCUT2D eigenvalue weighted by atomic mass is 9.96. The highest BCUT2D eigenvalue weighted by Gasteiger charge is 2.19. The molecule has 1 heterocycles. The molecule has 2 aromatic carbocycles. The number of nitrogens with zero attached hydrogens (tertiary/aromatic N) is 2. The van der Waals surface area contributed by atoms with Crippen LogP contribution in [-0.2, 0) is 0 Å². The summed E-state index contributed by atoms with van der Waals surface area (Å²) in [7, 11) is 1.69. The van der Waals surface area contributed by atoms with E-state index in [1.165, 1.54) is 12.8 Å². The normalized spacial score (nSPS) is 14.8. The second-order valence-electron chi connectivity index (χ2n) is 6.95. The van der Waals surface area contributed by atoms with Crippen molar-refractivity contribution < 1.29 is 9.47 Å². The van der Waals surface area contributed by atoms with E-state index in [1.807, 2.05) is 30.3 Å². The van der Waals surface area contributed by atoms with Crippen LogP contribution in [0.1, 0.15) is 42.5 Å². The van der Waals surface area contributed by atoms with Crippen molar-refractivity contribution >= 4 is 11.6 Å². The lowest BCUT2D eigenvalue weighted by Crippen LogP contribution is -2.11. The Bertz CT molecular complexity index is 933. The number of aromatic nitrogens is 2. The summed E-state index contributed by atoms with van der Waals surface area (Å²) in [6.45, 7) is 0. The van der Waals surface area contributed by atoms with Crippen LogP contribution in [0.25, 0.3) is 11.6 Å². The maximum absolute atomic E-state index is 6.30. The molecular weight excluding hydrogens is 348 g/mol. The molecule has 28 heavy (non-hydrogen) atoms. The Labute approximate surface area is 165 Å². The van der Waals surface area contributed by atoms with E-state index in [1.54, 1.807) is 19.6 Å². The third kappa shape index (κ3) is 4.22. The van der Waals surface area contributed by atoms with Gasteiger partial charge in [0.05, 0.1) is 18.9 Å². The summed E-state index contributed by atoms with van der Waals surface area (Å²) in [6, 6.07) is 18.4. The monoisotopic (exact) mass is 372 g/mol. The molecule has 1 aliphatic rings. The molecule has 4 heteroatoms. The fraction of sp³-hybridized carbons (Fsp3) is 0.250. The van der Waals surface area contributed by atoms with Crippen molar-refractivity contribution in [1.29, 1.82) is 0 Å². The Kier molecular flexibility index (Phi) is 5.66. The van der Waals surface area contributed by atoms with Crippen LogP contribution in [0.15, 0.2) is 67.1 Å². The van der Waals surface area contributed by atoms with Gasteiger partial charge >= 0.3 is 0 Å². The van der Waals surface area contributed by atoms with Gasteiger partial charge in [-0.05, 0) is 66.7 Å². The Morgan fingerprint density at radius 3 is 2.50 bits per heavy atom. The molecule has 0 unspecified atom stereocenters. The number of ether oxygens (including phenoxy) is 2. The van der Waals surface area contributed by atoms with Crippen LogP contribution in [0.4, 0.5) is 0 Å². The molecule has 4 nitrogen and oxygen atoms in total. The first kappa shape index (κ1) is 18.2. The van der Waals surface area contributed by atoms with Crippen molar-refractivity contribution in [2.75, 3.05) is 7.11 Å². The summed E-state index contributed by atoms with van der Waals surface area (Å²) in [6.07, 6.45) is 10.4. The quantitative estimate of drug-likeness (QED) is 0.581. The Hall–Kier alpha value is -3.14. The molecule has 142 valence electrons. The molecule has 0 N–H and O–H groups in total. The molecule has 3 aromatic rings. The van der Waals surface area contributed by atoms with Gasteiger partial charge in [0.25, 0.3) is 0 Å². The number of hydrogen-bond donors (Lipinski definition) is 0. The number of benzene rings is 2. The van der Waals surface area contributed by atoms with Crippen molar-refractivity contribution in [1.82, 2.24) is 9.97 Å². The topological polar surface area (TPSA) is 44.2 Å². The highest BCUT2D eigenvalue weighted by molar-refractivity contribution is 5.91. The zero-order valence-corrected chi connectivity index (χ0v) is 16.0.